The third-order valence-corrected chi connectivity index (χ3v) is 3.13. The van der Waals surface area contributed by atoms with Gasteiger partial charge in [-0.3, -0.25) is 4.79 Å². The number of aromatic nitrogens is 2. The van der Waals surface area contributed by atoms with Crippen molar-refractivity contribution in [2.75, 3.05) is 11.9 Å². The molecule has 1 unspecified atom stereocenters. The van der Waals surface area contributed by atoms with E-state index < -0.39 is 0 Å². The number of halogens is 1. The number of anilines is 1. The van der Waals surface area contributed by atoms with Gasteiger partial charge in [0.05, 0.1) is 6.33 Å². The minimum Gasteiger partial charge on any atom is -0.369 e. The second-order valence-corrected chi connectivity index (χ2v) is 4.36. The number of nitrogens with zero attached hydrogens (tertiary/aromatic N) is 1. The Morgan fingerprint density at radius 1 is 1.73 bits per heavy atom. The van der Waals surface area contributed by atoms with E-state index >= 15 is 0 Å². The van der Waals surface area contributed by atoms with Crippen LogP contribution in [0.3, 0.4) is 0 Å². The standard InChI is InChI=1S/C9H15IN4O/c1-2-6(11)3-4-12-8-7(10)9(15)14-5-13-8/h5-6H,2-4,11H2,1H3,(H2,12,13,14,15). The molecule has 0 saturated heterocycles. The van der Waals surface area contributed by atoms with E-state index in [4.69, 9.17) is 5.73 Å². The minimum absolute atomic E-state index is 0.118. The minimum atomic E-state index is -0.118. The van der Waals surface area contributed by atoms with Gasteiger partial charge in [0.25, 0.3) is 5.56 Å². The van der Waals surface area contributed by atoms with Crippen LogP contribution < -0.4 is 16.6 Å². The number of H-pyrrole nitrogens is 1. The second kappa shape index (κ2) is 6.06. The topological polar surface area (TPSA) is 83.8 Å². The highest BCUT2D eigenvalue weighted by Gasteiger charge is 2.04. The van der Waals surface area contributed by atoms with Crippen molar-refractivity contribution in [3.8, 4) is 0 Å². The van der Waals surface area contributed by atoms with Gasteiger partial charge < -0.3 is 16.0 Å². The summed E-state index contributed by atoms with van der Waals surface area (Å²) in [6, 6.07) is 0.206. The van der Waals surface area contributed by atoms with Crippen LogP contribution in [0.25, 0.3) is 0 Å². The predicted octanol–water partition coefficient (Wildman–Crippen LogP) is 0.914. The fraction of sp³-hybridized carbons (Fsp3) is 0.556. The maximum atomic E-state index is 11.2. The van der Waals surface area contributed by atoms with Crippen LogP contribution in [0.5, 0.6) is 0 Å². The number of nitrogens with one attached hydrogen (secondary N) is 2. The molecule has 0 bridgehead atoms. The van der Waals surface area contributed by atoms with Gasteiger partial charge in [0, 0.05) is 12.6 Å². The summed E-state index contributed by atoms with van der Waals surface area (Å²) in [7, 11) is 0. The van der Waals surface area contributed by atoms with Crippen LogP contribution >= 0.6 is 22.6 Å². The number of rotatable bonds is 5. The molecule has 0 spiro atoms. The van der Waals surface area contributed by atoms with E-state index in [1.54, 1.807) is 0 Å². The van der Waals surface area contributed by atoms with E-state index in [1.165, 1.54) is 6.33 Å². The zero-order valence-electron chi connectivity index (χ0n) is 8.59. The molecule has 5 nitrogen and oxygen atoms in total. The molecule has 0 aliphatic carbocycles. The number of aromatic amines is 1. The van der Waals surface area contributed by atoms with Gasteiger partial charge in [0.15, 0.2) is 0 Å². The Morgan fingerprint density at radius 3 is 3.13 bits per heavy atom. The van der Waals surface area contributed by atoms with Crippen LogP contribution in [0, 0.1) is 3.57 Å². The summed E-state index contributed by atoms with van der Waals surface area (Å²) < 4.78 is 0.583. The molecule has 0 saturated carbocycles. The molecular weight excluding hydrogens is 307 g/mol. The first kappa shape index (κ1) is 12.4. The third-order valence-electron chi connectivity index (χ3n) is 2.13. The largest absolute Gasteiger partial charge is 0.369 e. The quantitative estimate of drug-likeness (QED) is 0.704. The van der Waals surface area contributed by atoms with Crippen LogP contribution in [-0.2, 0) is 0 Å². The Morgan fingerprint density at radius 2 is 2.47 bits per heavy atom. The second-order valence-electron chi connectivity index (χ2n) is 3.28. The van der Waals surface area contributed by atoms with Crippen molar-refractivity contribution < 1.29 is 0 Å². The summed E-state index contributed by atoms with van der Waals surface area (Å²) in [6.45, 7) is 2.79. The van der Waals surface area contributed by atoms with Crippen LogP contribution in [0.4, 0.5) is 5.82 Å². The Labute approximate surface area is 102 Å². The third kappa shape index (κ3) is 3.78. The van der Waals surface area contributed by atoms with Gasteiger partial charge in [0.2, 0.25) is 0 Å². The highest BCUT2D eigenvalue weighted by atomic mass is 127. The molecule has 1 heterocycles. The van der Waals surface area contributed by atoms with Crippen LogP contribution in [0.1, 0.15) is 19.8 Å². The van der Waals surface area contributed by atoms with E-state index in [1.807, 2.05) is 22.6 Å². The Bertz CT molecular complexity index is 365. The first-order valence-corrected chi connectivity index (χ1v) is 5.95. The van der Waals surface area contributed by atoms with E-state index in [-0.39, 0.29) is 11.6 Å². The van der Waals surface area contributed by atoms with Gasteiger partial charge in [-0.15, -0.1) is 0 Å². The molecule has 0 aliphatic rings. The van der Waals surface area contributed by atoms with Crippen LogP contribution in [0.15, 0.2) is 11.1 Å². The lowest BCUT2D eigenvalue weighted by Crippen LogP contribution is -2.23. The highest BCUT2D eigenvalue weighted by Crippen LogP contribution is 2.08. The lowest BCUT2D eigenvalue weighted by molar-refractivity contribution is 0.613. The van der Waals surface area contributed by atoms with Gasteiger partial charge in [-0.05, 0) is 35.4 Å². The monoisotopic (exact) mass is 322 g/mol. The Hall–Kier alpha value is -0.630. The van der Waals surface area contributed by atoms with Crippen molar-refractivity contribution in [2.24, 2.45) is 5.73 Å². The Balaban J connectivity index is 2.51. The van der Waals surface area contributed by atoms with Crippen molar-refractivity contribution in [1.29, 1.82) is 0 Å². The van der Waals surface area contributed by atoms with Gasteiger partial charge in [-0.2, -0.15) is 0 Å². The van der Waals surface area contributed by atoms with Crippen molar-refractivity contribution in [3.63, 3.8) is 0 Å². The molecule has 1 rings (SSSR count). The molecule has 0 aliphatic heterocycles. The summed E-state index contributed by atoms with van der Waals surface area (Å²) >= 11 is 1.97. The van der Waals surface area contributed by atoms with Crippen LogP contribution in [-0.4, -0.2) is 22.6 Å². The van der Waals surface area contributed by atoms with E-state index in [2.05, 4.69) is 22.2 Å². The van der Waals surface area contributed by atoms with Gasteiger partial charge in [-0.1, -0.05) is 6.92 Å². The first-order valence-electron chi connectivity index (χ1n) is 4.87. The molecule has 0 amide bonds. The van der Waals surface area contributed by atoms with Crippen molar-refractivity contribution in [1.82, 2.24) is 9.97 Å². The average molecular weight is 322 g/mol. The molecule has 15 heavy (non-hydrogen) atoms. The van der Waals surface area contributed by atoms with Gasteiger partial charge >= 0.3 is 0 Å². The van der Waals surface area contributed by atoms with E-state index in [0.29, 0.717) is 9.39 Å². The Kier molecular flexibility index (Phi) is 5.03. The molecule has 1 aromatic rings. The SMILES string of the molecule is CCC(N)CCNc1nc[nH]c(=O)c1I. The van der Waals surface area contributed by atoms with E-state index in [0.717, 1.165) is 19.4 Å². The lowest BCUT2D eigenvalue weighted by Gasteiger charge is -2.10. The molecular formula is C9H15IN4O. The smallest absolute Gasteiger partial charge is 0.266 e. The zero-order chi connectivity index (χ0) is 11.3. The molecule has 0 aromatic carbocycles. The summed E-state index contributed by atoms with van der Waals surface area (Å²) in [5.74, 6) is 0.627. The molecule has 0 fully saturated rings. The summed E-state index contributed by atoms with van der Waals surface area (Å²) in [4.78, 5) is 17.8. The first-order chi connectivity index (χ1) is 7.15. The summed E-state index contributed by atoms with van der Waals surface area (Å²) in [5, 5.41) is 3.10. The normalized spacial score (nSPS) is 12.5. The molecule has 6 heteroatoms. The zero-order valence-corrected chi connectivity index (χ0v) is 10.7. The average Bonchev–Trinajstić information content (AvgIpc) is 2.24. The summed E-state index contributed by atoms with van der Waals surface area (Å²) in [5.41, 5.74) is 5.66. The highest BCUT2D eigenvalue weighted by molar-refractivity contribution is 14.1. The predicted molar refractivity (Wildman–Crippen MR) is 68.9 cm³/mol. The fourth-order valence-corrected chi connectivity index (χ4v) is 1.57. The fourth-order valence-electron chi connectivity index (χ4n) is 1.09. The number of hydrogen-bond acceptors (Lipinski definition) is 4. The summed E-state index contributed by atoms with van der Waals surface area (Å²) in [6.07, 6.45) is 3.23. The maximum absolute atomic E-state index is 11.2. The molecule has 4 N–H and O–H groups in total. The maximum Gasteiger partial charge on any atom is 0.266 e. The van der Waals surface area contributed by atoms with Gasteiger partial charge in [-0.25, -0.2) is 4.98 Å². The van der Waals surface area contributed by atoms with Crippen molar-refractivity contribution >= 4 is 28.4 Å². The lowest BCUT2D eigenvalue weighted by atomic mass is 10.2. The van der Waals surface area contributed by atoms with Crippen molar-refractivity contribution in [3.05, 3.63) is 20.3 Å². The number of hydrogen-bond donors (Lipinski definition) is 3. The number of nitrogens with two attached hydrogens (primary N) is 1. The van der Waals surface area contributed by atoms with Crippen LogP contribution in [0.2, 0.25) is 0 Å². The van der Waals surface area contributed by atoms with E-state index in [9.17, 15) is 4.79 Å². The molecule has 0 radical (unpaired) electrons. The van der Waals surface area contributed by atoms with Crippen molar-refractivity contribution in [2.45, 2.75) is 25.8 Å². The molecule has 1 aromatic heterocycles. The molecule has 84 valence electrons. The molecule has 1 atom stereocenters. The van der Waals surface area contributed by atoms with Gasteiger partial charge in [0.1, 0.15) is 9.39 Å².